The first-order valence-electron chi connectivity index (χ1n) is 9.11. The molecule has 0 radical (unpaired) electrons. The van der Waals surface area contributed by atoms with Crippen molar-refractivity contribution in [2.24, 2.45) is 23.2 Å². The molecule has 2 aliphatic heterocycles. The van der Waals surface area contributed by atoms with E-state index in [-0.39, 0.29) is 41.3 Å². The maximum atomic E-state index is 12.4. The Hall–Kier alpha value is -1.40. The molecule has 1 amide bonds. The Bertz CT molecular complexity index is 577. The molecular weight excluding hydrogens is 308 g/mol. The lowest BCUT2D eigenvalue weighted by molar-refractivity contribution is -0.679. The molecule has 0 spiro atoms. The minimum Gasteiger partial charge on any atom is -0.462 e. The number of nitrogens with two attached hydrogens (primary N) is 1. The second-order valence-corrected chi connectivity index (χ2v) is 8.26. The van der Waals surface area contributed by atoms with Gasteiger partial charge in [0.1, 0.15) is 18.6 Å². The van der Waals surface area contributed by atoms with Crippen molar-refractivity contribution in [2.75, 3.05) is 13.2 Å². The molecule has 6 atom stereocenters. The first-order valence-corrected chi connectivity index (χ1v) is 9.11. The Morgan fingerprint density at radius 1 is 1.42 bits per heavy atom. The van der Waals surface area contributed by atoms with Crippen LogP contribution in [-0.2, 0) is 19.2 Å². The van der Waals surface area contributed by atoms with Gasteiger partial charge in [0.15, 0.2) is 6.04 Å². The summed E-state index contributed by atoms with van der Waals surface area (Å²) in [5, 5.41) is 1.93. The minimum absolute atomic E-state index is 0.0386. The summed E-state index contributed by atoms with van der Waals surface area (Å²) >= 11 is 0. The summed E-state index contributed by atoms with van der Waals surface area (Å²) in [6.07, 6.45) is 5.51. The van der Waals surface area contributed by atoms with Gasteiger partial charge in [0.05, 0.1) is 6.54 Å². The van der Waals surface area contributed by atoms with Crippen molar-refractivity contribution in [3.05, 3.63) is 12.2 Å². The van der Waals surface area contributed by atoms with Gasteiger partial charge in [0.25, 0.3) is 0 Å². The van der Waals surface area contributed by atoms with Crippen LogP contribution in [0.25, 0.3) is 0 Å². The van der Waals surface area contributed by atoms with E-state index in [9.17, 15) is 9.59 Å². The zero-order chi connectivity index (χ0) is 16.9. The Morgan fingerprint density at radius 3 is 3.00 bits per heavy atom. The monoisotopic (exact) mass is 335 g/mol. The number of quaternary nitrogens is 1. The molecule has 2 saturated carbocycles. The summed E-state index contributed by atoms with van der Waals surface area (Å²) in [6, 6.07) is -0.254. The molecule has 2 aliphatic carbocycles. The van der Waals surface area contributed by atoms with Crippen LogP contribution in [0, 0.1) is 23.2 Å². The number of ether oxygens (including phenoxy) is 1. The van der Waals surface area contributed by atoms with Crippen molar-refractivity contribution >= 4 is 11.9 Å². The number of allylic oxidation sites excluding steroid dienone is 1. The second kappa shape index (κ2) is 5.85. The van der Waals surface area contributed by atoms with E-state index in [4.69, 9.17) is 9.57 Å². The number of esters is 1. The highest BCUT2D eigenvalue weighted by atomic mass is 16.7. The number of hydroxylamine groups is 1. The van der Waals surface area contributed by atoms with Gasteiger partial charge >= 0.3 is 11.9 Å². The van der Waals surface area contributed by atoms with Crippen molar-refractivity contribution < 1.29 is 24.5 Å². The molecule has 132 valence electrons. The van der Waals surface area contributed by atoms with Crippen molar-refractivity contribution in [1.29, 1.82) is 0 Å². The van der Waals surface area contributed by atoms with Gasteiger partial charge in [-0.3, -0.25) is 14.4 Å². The Balaban J connectivity index is 1.46. The third kappa shape index (κ3) is 2.56. The molecule has 6 heteroatoms. The van der Waals surface area contributed by atoms with E-state index in [0.717, 1.165) is 19.3 Å². The first kappa shape index (κ1) is 16.1. The smallest absolute Gasteiger partial charge is 0.315 e. The van der Waals surface area contributed by atoms with Crippen LogP contribution in [0.15, 0.2) is 12.2 Å². The fraction of sp³-hybridized carbons (Fsp3) is 0.778. The molecule has 2 heterocycles. The molecule has 4 rings (SSSR count). The zero-order valence-electron chi connectivity index (χ0n) is 14.3. The average Bonchev–Trinajstić information content (AvgIpc) is 3.05. The number of nitrogens with one attached hydrogen (secondary N) is 1. The summed E-state index contributed by atoms with van der Waals surface area (Å²) in [4.78, 5) is 29.0. The molecule has 6 nitrogen and oxygen atoms in total. The fourth-order valence-corrected chi connectivity index (χ4v) is 5.37. The molecule has 0 unspecified atom stereocenters. The molecule has 3 N–H and O–H groups in total. The van der Waals surface area contributed by atoms with Gasteiger partial charge in [0, 0.05) is 5.92 Å². The molecule has 0 bridgehead atoms. The highest BCUT2D eigenvalue weighted by Gasteiger charge is 2.55. The summed E-state index contributed by atoms with van der Waals surface area (Å²) in [7, 11) is 0. The lowest BCUT2D eigenvalue weighted by atomic mass is 9.55. The lowest BCUT2D eigenvalue weighted by Crippen LogP contribution is -2.93. The number of rotatable bonds is 3. The summed E-state index contributed by atoms with van der Waals surface area (Å²) in [5.74, 6) is 0.431. The Kier molecular flexibility index (Phi) is 3.92. The van der Waals surface area contributed by atoms with Gasteiger partial charge in [-0.15, -0.1) is 0 Å². The van der Waals surface area contributed by atoms with E-state index in [0.29, 0.717) is 19.1 Å². The van der Waals surface area contributed by atoms with Crippen molar-refractivity contribution in [1.82, 2.24) is 5.48 Å². The summed E-state index contributed by atoms with van der Waals surface area (Å²) in [6.45, 7) is 7.60. The number of hydrogen-bond acceptors (Lipinski definition) is 4. The van der Waals surface area contributed by atoms with E-state index in [2.05, 4.69) is 19.0 Å². The number of amides is 1. The number of hydrogen-bond donors (Lipinski definition) is 2. The van der Waals surface area contributed by atoms with Crippen LogP contribution in [0.1, 0.15) is 39.0 Å². The Labute approximate surface area is 142 Å². The lowest BCUT2D eigenvalue weighted by Gasteiger charge is -2.49. The quantitative estimate of drug-likeness (QED) is 0.574. The SMILES string of the molecule is C=C1CCC[C@]2(C)C[C@H]3OC(=O)[C@@H](C[NH2+][C@@H]4CONC4=O)[C@H]3C[C@H]12. The van der Waals surface area contributed by atoms with E-state index in [1.807, 2.05) is 5.32 Å². The zero-order valence-corrected chi connectivity index (χ0v) is 14.3. The van der Waals surface area contributed by atoms with Gasteiger partial charge < -0.3 is 10.1 Å². The summed E-state index contributed by atoms with van der Waals surface area (Å²) in [5.41, 5.74) is 3.95. The standard InChI is InChI=1S/C18H26N2O4/c1-10-4-3-5-18(2)7-15-11(6-13(10)18)12(17(22)24-15)8-19-14-9-23-20-16(14)21/h11-15,19H,1,3-9H2,2H3,(H,20,21)/p+1/t11-,12+,13-,14-,15-,18-/m1/s1. The maximum Gasteiger partial charge on any atom is 0.315 e. The van der Waals surface area contributed by atoms with Crippen LogP contribution < -0.4 is 10.8 Å². The first-order chi connectivity index (χ1) is 11.5. The molecule has 24 heavy (non-hydrogen) atoms. The third-order valence-electron chi connectivity index (χ3n) is 6.77. The van der Waals surface area contributed by atoms with E-state index < -0.39 is 0 Å². The molecular formula is C18H27N2O4+. The fourth-order valence-electron chi connectivity index (χ4n) is 5.37. The topological polar surface area (TPSA) is 81.2 Å². The highest BCUT2D eigenvalue weighted by molar-refractivity contribution is 5.80. The van der Waals surface area contributed by atoms with Crippen LogP contribution in [0.4, 0.5) is 0 Å². The van der Waals surface area contributed by atoms with E-state index >= 15 is 0 Å². The maximum absolute atomic E-state index is 12.4. The highest BCUT2D eigenvalue weighted by Crippen LogP contribution is 2.56. The molecule has 0 aromatic heterocycles. The van der Waals surface area contributed by atoms with Crippen LogP contribution in [0.3, 0.4) is 0 Å². The largest absolute Gasteiger partial charge is 0.462 e. The average molecular weight is 335 g/mol. The van der Waals surface area contributed by atoms with Gasteiger partial charge in [-0.25, -0.2) is 5.48 Å². The number of carbonyl (C=O) groups is 2. The van der Waals surface area contributed by atoms with E-state index in [1.54, 1.807) is 0 Å². The van der Waals surface area contributed by atoms with Gasteiger partial charge in [-0.1, -0.05) is 19.1 Å². The van der Waals surface area contributed by atoms with Gasteiger partial charge in [0.2, 0.25) is 0 Å². The van der Waals surface area contributed by atoms with E-state index in [1.165, 1.54) is 18.4 Å². The van der Waals surface area contributed by atoms with Crippen LogP contribution in [0.5, 0.6) is 0 Å². The normalized spacial score (nSPS) is 44.7. The van der Waals surface area contributed by atoms with Crippen molar-refractivity contribution in [2.45, 2.75) is 51.2 Å². The molecule has 4 aliphatic rings. The Morgan fingerprint density at radius 2 is 2.25 bits per heavy atom. The number of fused-ring (bicyclic) bond motifs is 2. The third-order valence-corrected chi connectivity index (χ3v) is 6.77. The van der Waals surface area contributed by atoms with Crippen molar-refractivity contribution in [3.63, 3.8) is 0 Å². The predicted molar refractivity (Wildman–Crippen MR) is 85.4 cm³/mol. The minimum atomic E-state index is -0.254. The van der Waals surface area contributed by atoms with Crippen LogP contribution >= 0.6 is 0 Å². The van der Waals surface area contributed by atoms with Gasteiger partial charge in [-0.2, -0.15) is 0 Å². The molecule has 4 fully saturated rings. The number of carbonyl (C=O) groups excluding carboxylic acids is 2. The predicted octanol–water partition coefficient (Wildman–Crippen LogP) is 0.294. The van der Waals surface area contributed by atoms with Crippen LogP contribution in [0.2, 0.25) is 0 Å². The molecule has 0 aromatic rings. The van der Waals surface area contributed by atoms with Crippen molar-refractivity contribution in [3.8, 4) is 0 Å². The van der Waals surface area contributed by atoms with Gasteiger partial charge in [-0.05, 0) is 43.4 Å². The molecule has 0 aromatic carbocycles. The summed E-state index contributed by atoms with van der Waals surface area (Å²) < 4.78 is 5.75. The van der Waals surface area contributed by atoms with Crippen LogP contribution in [-0.4, -0.2) is 37.2 Å². The second-order valence-electron chi connectivity index (χ2n) is 8.26. The molecule has 2 saturated heterocycles.